The van der Waals surface area contributed by atoms with E-state index in [4.69, 9.17) is 4.74 Å². The third kappa shape index (κ3) is 4.52. The number of ether oxygens (including phenoxy) is 1. The van der Waals surface area contributed by atoms with Crippen molar-refractivity contribution in [3.8, 4) is 0 Å². The predicted molar refractivity (Wildman–Crippen MR) is 86.0 cm³/mol. The topological polar surface area (TPSA) is 21.3 Å². The third-order valence-electron chi connectivity index (χ3n) is 3.21. The van der Waals surface area contributed by atoms with Crippen molar-refractivity contribution in [3.63, 3.8) is 0 Å². The van der Waals surface area contributed by atoms with E-state index in [1.54, 1.807) is 7.11 Å². The fourth-order valence-electron chi connectivity index (χ4n) is 2.36. The zero-order valence-electron chi connectivity index (χ0n) is 12.0. The molecule has 0 radical (unpaired) electrons. The maximum absolute atomic E-state index is 5.70. The second-order valence-electron chi connectivity index (χ2n) is 5.75. The van der Waals surface area contributed by atoms with Gasteiger partial charge >= 0.3 is 0 Å². The van der Waals surface area contributed by atoms with Gasteiger partial charge in [-0.25, -0.2) is 0 Å². The van der Waals surface area contributed by atoms with Crippen LogP contribution in [0.3, 0.4) is 0 Å². The molecule has 2 unspecified atom stereocenters. The lowest BCUT2D eigenvalue weighted by Crippen LogP contribution is -2.47. The molecule has 0 bridgehead atoms. The molecular weight excluding hydrogens is 337 g/mol. The maximum atomic E-state index is 5.70. The fourth-order valence-corrected chi connectivity index (χ4v) is 2.72. The maximum Gasteiger partial charge on any atom is 0.0775 e. The first-order valence-corrected chi connectivity index (χ1v) is 7.41. The number of halogens is 1. The Labute approximate surface area is 125 Å². The second kappa shape index (κ2) is 6.87. The Morgan fingerprint density at radius 2 is 1.78 bits per heavy atom. The van der Waals surface area contributed by atoms with E-state index in [9.17, 15) is 0 Å². The number of nitrogens with one attached hydrogen (secondary N) is 1. The van der Waals surface area contributed by atoms with Crippen LogP contribution in [0.5, 0.6) is 0 Å². The van der Waals surface area contributed by atoms with Gasteiger partial charge in [0.2, 0.25) is 0 Å². The minimum Gasteiger partial charge on any atom is -0.379 e. The minimum atomic E-state index is 0.131. The molecule has 0 aliphatic rings. The number of benzene rings is 1. The van der Waals surface area contributed by atoms with Gasteiger partial charge in [-0.1, -0.05) is 32.9 Å². The van der Waals surface area contributed by atoms with Crippen LogP contribution in [0.4, 0.5) is 0 Å². The molecule has 0 amide bonds. The van der Waals surface area contributed by atoms with Crippen molar-refractivity contribution in [2.45, 2.75) is 39.3 Å². The van der Waals surface area contributed by atoms with Crippen LogP contribution < -0.4 is 5.32 Å². The summed E-state index contributed by atoms with van der Waals surface area (Å²) in [6, 6.07) is 9.03. The number of methoxy groups -OCH3 is 1. The molecule has 1 aromatic rings. The van der Waals surface area contributed by atoms with Crippen molar-refractivity contribution in [2.75, 3.05) is 14.2 Å². The highest BCUT2D eigenvalue weighted by atomic mass is 127. The molecule has 1 aromatic carbocycles. The van der Waals surface area contributed by atoms with Crippen molar-refractivity contribution >= 4 is 22.6 Å². The van der Waals surface area contributed by atoms with E-state index >= 15 is 0 Å². The van der Waals surface area contributed by atoms with Crippen molar-refractivity contribution < 1.29 is 4.74 Å². The van der Waals surface area contributed by atoms with Gasteiger partial charge in [-0.3, -0.25) is 0 Å². The lowest BCUT2D eigenvalue weighted by atomic mass is 9.82. The molecule has 0 saturated heterocycles. The molecule has 0 spiro atoms. The van der Waals surface area contributed by atoms with E-state index in [2.05, 4.69) is 72.9 Å². The average molecular weight is 361 g/mol. The van der Waals surface area contributed by atoms with E-state index in [0.717, 1.165) is 6.42 Å². The van der Waals surface area contributed by atoms with Crippen LogP contribution in [-0.4, -0.2) is 26.3 Å². The van der Waals surface area contributed by atoms with Gasteiger partial charge in [0.15, 0.2) is 0 Å². The molecule has 1 rings (SSSR count). The highest BCUT2D eigenvalue weighted by Gasteiger charge is 2.31. The summed E-state index contributed by atoms with van der Waals surface area (Å²) >= 11 is 2.33. The summed E-state index contributed by atoms with van der Waals surface area (Å²) in [6.45, 7) is 6.66. The van der Waals surface area contributed by atoms with Crippen LogP contribution in [0, 0.1) is 8.99 Å². The first kappa shape index (κ1) is 15.9. The van der Waals surface area contributed by atoms with E-state index < -0.39 is 0 Å². The van der Waals surface area contributed by atoms with Gasteiger partial charge in [0.05, 0.1) is 6.10 Å². The second-order valence-corrected chi connectivity index (χ2v) is 6.99. The molecule has 2 atom stereocenters. The van der Waals surface area contributed by atoms with Crippen LogP contribution in [0.2, 0.25) is 0 Å². The molecule has 0 aromatic heterocycles. The molecule has 102 valence electrons. The van der Waals surface area contributed by atoms with Gasteiger partial charge in [-0.2, -0.15) is 0 Å². The molecule has 3 heteroatoms. The van der Waals surface area contributed by atoms with Crippen molar-refractivity contribution in [3.05, 3.63) is 33.4 Å². The molecule has 18 heavy (non-hydrogen) atoms. The van der Waals surface area contributed by atoms with Gasteiger partial charge in [-0.15, -0.1) is 0 Å². The number of rotatable bonds is 5. The first-order chi connectivity index (χ1) is 8.38. The summed E-state index contributed by atoms with van der Waals surface area (Å²) < 4.78 is 6.97. The fraction of sp³-hybridized carbons (Fsp3) is 0.600. The molecule has 0 fully saturated rings. The zero-order valence-corrected chi connectivity index (χ0v) is 14.1. The van der Waals surface area contributed by atoms with E-state index in [-0.39, 0.29) is 11.5 Å². The van der Waals surface area contributed by atoms with Gasteiger partial charge in [0.25, 0.3) is 0 Å². The van der Waals surface area contributed by atoms with Crippen LogP contribution in [0.15, 0.2) is 24.3 Å². The van der Waals surface area contributed by atoms with E-state index in [1.807, 2.05) is 7.05 Å². The normalized spacial score (nSPS) is 15.4. The summed E-state index contributed by atoms with van der Waals surface area (Å²) in [5.74, 6) is 0. The van der Waals surface area contributed by atoms with Gasteiger partial charge in [-0.05, 0) is 59.2 Å². The lowest BCUT2D eigenvalue weighted by Gasteiger charge is -2.36. The van der Waals surface area contributed by atoms with Crippen LogP contribution >= 0.6 is 22.6 Å². The number of hydrogen-bond donors (Lipinski definition) is 1. The Hall–Kier alpha value is -0.130. The minimum absolute atomic E-state index is 0.131. The summed E-state index contributed by atoms with van der Waals surface area (Å²) in [5, 5.41) is 3.40. The molecule has 0 heterocycles. The number of hydrogen-bond acceptors (Lipinski definition) is 2. The van der Waals surface area contributed by atoms with Gasteiger partial charge in [0, 0.05) is 16.7 Å². The average Bonchev–Trinajstić information content (AvgIpc) is 2.29. The molecule has 0 saturated carbocycles. The molecule has 0 aliphatic heterocycles. The largest absolute Gasteiger partial charge is 0.379 e. The Bertz CT molecular complexity index is 356. The monoisotopic (exact) mass is 361 g/mol. The van der Waals surface area contributed by atoms with Crippen molar-refractivity contribution in [1.29, 1.82) is 0 Å². The molecular formula is C15H24INO. The Morgan fingerprint density at radius 3 is 2.17 bits per heavy atom. The first-order valence-electron chi connectivity index (χ1n) is 6.33. The Kier molecular flexibility index (Phi) is 6.08. The smallest absolute Gasteiger partial charge is 0.0775 e. The van der Waals surface area contributed by atoms with E-state index in [1.165, 1.54) is 9.13 Å². The highest BCUT2D eigenvalue weighted by Crippen LogP contribution is 2.26. The Morgan fingerprint density at radius 1 is 1.22 bits per heavy atom. The summed E-state index contributed by atoms with van der Waals surface area (Å²) in [4.78, 5) is 0. The summed E-state index contributed by atoms with van der Waals surface area (Å²) in [5.41, 5.74) is 1.48. The third-order valence-corrected chi connectivity index (χ3v) is 3.93. The van der Waals surface area contributed by atoms with Gasteiger partial charge < -0.3 is 10.1 Å². The van der Waals surface area contributed by atoms with Gasteiger partial charge in [0.1, 0.15) is 0 Å². The van der Waals surface area contributed by atoms with Crippen molar-refractivity contribution in [2.24, 2.45) is 5.41 Å². The van der Waals surface area contributed by atoms with E-state index in [0.29, 0.717) is 6.04 Å². The SMILES string of the molecule is CNC(Cc1ccc(I)cc1)C(OC)C(C)(C)C. The molecule has 0 aliphatic carbocycles. The summed E-state index contributed by atoms with van der Waals surface area (Å²) in [6.07, 6.45) is 1.19. The molecule has 1 N–H and O–H groups in total. The lowest BCUT2D eigenvalue weighted by molar-refractivity contribution is -0.00921. The molecule has 2 nitrogen and oxygen atoms in total. The van der Waals surface area contributed by atoms with Crippen LogP contribution in [-0.2, 0) is 11.2 Å². The quantitative estimate of drug-likeness (QED) is 0.811. The summed E-state index contributed by atoms with van der Waals surface area (Å²) in [7, 11) is 3.81. The predicted octanol–water partition coefficient (Wildman–Crippen LogP) is 3.48. The zero-order chi connectivity index (χ0) is 13.8. The standard InChI is InChI=1S/C15H24INO/c1-15(2,3)14(18-5)13(17-4)10-11-6-8-12(16)9-7-11/h6-9,13-14,17H,10H2,1-5H3. The number of likely N-dealkylation sites (N-methyl/N-ethyl adjacent to an activating group) is 1. The Balaban J connectivity index is 2.80. The van der Waals surface area contributed by atoms with Crippen LogP contribution in [0.1, 0.15) is 26.3 Å². The van der Waals surface area contributed by atoms with Crippen molar-refractivity contribution in [1.82, 2.24) is 5.32 Å². The highest BCUT2D eigenvalue weighted by molar-refractivity contribution is 14.1. The van der Waals surface area contributed by atoms with Crippen LogP contribution in [0.25, 0.3) is 0 Å².